The van der Waals surface area contributed by atoms with Crippen LogP contribution >= 0.6 is 0 Å². The predicted molar refractivity (Wildman–Crippen MR) is 74.1 cm³/mol. The van der Waals surface area contributed by atoms with Gasteiger partial charge in [-0.1, -0.05) is 0 Å². The molecule has 0 aliphatic rings. The molecule has 1 heterocycles. The van der Waals surface area contributed by atoms with Crippen LogP contribution in [0.15, 0.2) is 48.7 Å². The van der Waals surface area contributed by atoms with Crippen LogP contribution in [0.25, 0.3) is 22.6 Å². The minimum Gasteiger partial charge on any atom is -0.338 e. The van der Waals surface area contributed by atoms with Crippen molar-refractivity contribution in [2.45, 2.75) is 6.92 Å². The number of aromatic nitrogens is 2. The van der Waals surface area contributed by atoms with E-state index in [1.165, 1.54) is 18.2 Å². The molecule has 3 aromatic rings. The zero-order valence-corrected chi connectivity index (χ0v) is 10.8. The molecule has 20 heavy (non-hydrogen) atoms. The molecule has 2 nitrogen and oxygen atoms in total. The fraction of sp³-hybridized carbons (Fsp3) is 0.0625. The fourth-order valence-electron chi connectivity index (χ4n) is 2.03. The van der Waals surface area contributed by atoms with Gasteiger partial charge in [0.2, 0.25) is 0 Å². The molecule has 1 N–H and O–H groups in total. The number of nitrogens with one attached hydrogen (secondary N) is 1. The second-order valence-electron chi connectivity index (χ2n) is 4.62. The summed E-state index contributed by atoms with van der Waals surface area (Å²) in [4.78, 5) is 7.43. The second kappa shape index (κ2) is 4.89. The minimum atomic E-state index is -0.283. The van der Waals surface area contributed by atoms with Crippen LogP contribution in [-0.4, -0.2) is 9.97 Å². The minimum absolute atomic E-state index is 0.230. The van der Waals surface area contributed by atoms with Crippen LogP contribution in [0.1, 0.15) is 5.56 Å². The molecule has 0 radical (unpaired) electrons. The summed E-state index contributed by atoms with van der Waals surface area (Å²) in [6.45, 7) is 1.72. The lowest BCUT2D eigenvalue weighted by molar-refractivity contribution is 0.619. The van der Waals surface area contributed by atoms with Crippen LogP contribution in [-0.2, 0) is 0 Å². The van der Waals surface area contributed by atoms with E-state index in [0.717, 1.165) is 16.8 Å². The molecule has 0 unspecified atom stereocenters. The van der Waals surface area contributed by atoms with Crippen molar-refractivity contribution in [1.29, 1.82) is 0 Å². The van der Waals surface area contributed by atoms with Gasteiger partial charge in [-0.25, -0.2) is 13.8 Å². The van der Waals surface area contributed by atoms with Crippen molar-refractivity contribution in [1.82, 2.24) is 9.97 Å². The first kappa shape index (κ1) is 12.5. The van der Waals surface area contributed by atoms with Gasteiger partial charge in [0.1, 0.15) is 17.5 Å². The zero-order valence-electron chi connectivity index (χ0n) is 10.8. The Bertz CT molecular complexity index is 745. The highest BCUT2D eigenvalue weighted by atomic mass is 19.1. The third-order valence-electron chi connectivity index (χ3n) is 3.16. The van der Waals surface area contributed by atoms with Crippen LogP contribution in [0.5, 0.6) is 0 Å². The van der Waals surface area contributed by atoms with Crippen molar-refractivity contribution < 1.29 is 8.78 Å². The lowest BCUT2D eigenvalue weighted by Crippen LogP contribution is -1.85. The Morgan fingerprint density at radius 3 is 2.35 bits per heavy atom. The maximum atomic E-state index is 13.3. The summed E-state index contributed by atoms with van der Waals surface area (Å²) in [6.07, 6.45) is 1.69. The Hall–Kier alpha value is -2.49. The van der Waals surface area contributed by atoms with Crippen molar-refractivity contribution in [3.8, 4) is 22.6 Å². The van der Waals surface area contributed by atoms with Crippen molar-refractivity contribution in [3.05, 3.63) is 65.9 Å². The lowest BCUT2D eigenvalue weighted by Gasteiger charge is -2.01. The molecule has 0 aliphatic heterocycles. The number of imidazole rings is 1. The van der Waals surface area contributed by atoms with Crippen LogP contribution in [0.2, 0.25) is 0 Å². The molecule has 0 spiro atoms. The Labute approximate surface area is 115 Å². The van der Waals surface area contributed by atoms with Crippen LogP contribution < -0.4 is 0 Å². The van der Waals surface area contributed by atoms with E-state index >= 15 is 0 Å². The van der Waals surface area contributed by atoms with E-state index in [4.69, 9.17) is 0 Å². The first-order valence-electron chi connectivity index (χ1n) is 6.21. The highest BCUT2D eigenvalue weighted by molar-refractivity contribution is 5.64. The van der Waals surface area contributed by atoms with Crippen molar-refractivity contribution in [2.24, 2.45) is 0 Å². The molecular weight excluding hydrogens is 258 g/mol. The summed E-state index contributed by atoms with van der Waals surface area (Å²) in [7, 11) is 0. The molecule has 0 saturated heterocycles. The quantitative estimate of drug-likeness (QED) is 0.737. The molecule has 0 fully saturated rings. The van der Waals surface area contributed by atoms with Gasteiger partial charge in [-0.3, -0.25) is 0 Å². The molecule has 3 rings (SSSR count). The molecule has 0 bridgehead atoms. The third-order valence-corrected chi connectivity index (χ3v) is 3.16. The van der Waals surface area contributed by atoms with E-state index < -0.39 is 0 Å². The number of aryl methyl sites for hydroxylation is 1. The SMILES string of the molecule is Cc1cc(-c2cnc(-c3ccc(F)cc3)[nH]2)ccc1F. The van der Waals surface area contributed by atoms with Gasteiger partial charge in [0.15, 0.2) is 0 Å². The predicted octanol–water partition coefficient (Wildman–Crippen LogP) is 4.33. The monoisotopic (exact) mass is 270 g/mol. The van der Waals surface area contributed by atoms with E-state index in [9.17, 15) is 8.78 Å². The van der Waals surface area contributed by atoms with E-state index in [2.05, 4.69) is 9.97 Å². The first-order chi connectivity index (χ1) is 9.63. The normalized spacial score (nSPS) is 10.8. The lowest BCUT2D eigenvalue weighted by atomic mass is 10.1. The van der Waals surface area contributed by atoms with E-state index in [0.29, 0.717) is 11.4 Å². The van der Waals surface area contributed by atoms with E-state index in [1.807, 2.05) is 0 Å². The number of benzene rings is 2. The van der Waals surface area contributed by atoms with Crippen molar-refractivity contribution >= 4 is 0 Å². The molecule has 2 aromatic carbocycles. The second-order valence-corrected chi connectivity index (χ2v) is 4.62. The number of H-pyrrole nitrogens is 1. The van der Waals surface area contributed by atoms with Crippen molar-refractivity contribution in [3.63, 3.8) is 0 Å². The average Bonchev–Trinajstić information content (AvgIpc) is 2.92. The smallest absolute Gasteiger partial charge is 0.137 e. The highest BCUT2D eigenvalue weighted by Gasteiger charge is 2.07. The topological polar surface area (TPSA) is 28.7 Å². The summed E-state index contributed by atoms with van der Waals surface area (Å²) in [5.74, 6) is 0.142. The summed E-state index contributed by atoms with van der Waals surface area (Å²) < 4.78 is 26.1. The fourth-order valence-corrected chi connectivity index (χ4v) is 2.03. The molecule has 0 atom stereocenters. The number of rotatable bonds is 2. The van der Waals surface area contributed by atoms with Gasteiger partial charge >= 0.3 is 0 Å². The maximum absolute atomic E-state index is 13.3. The molecule has 100 valence electrons. The largest absolute Gasteiger partial charge is 0.338 e. The molecular formula is C16H12F2N2. The summed E-state index contributed by atoms with van der Waals surface area (Å²) in [6, 6.07) is 11.0. The van der Waals surface area contributed by atoms with E-state index in [1.54, 1.807) is 37.4 Å². The number of halogens is 2. The van der Waals surface area contributed by atoms with Gasteiger partial charge in [0, 0.05) is 11.1 Å². The third kappa shape index (κ3) is 2.32. The van der Waals surface area contributed by atoms with Crippen LogP contribution in [0.3, 0.4) is 0 Å². The Morgan fingerprint density at radius 2 is 1.65 bits per heavy atom. The molecule has 0 amide bonds. The number of hydrogen-bond donors (Lipinski definition) is 1. The van der Waals surface area contributed by atoms with Crippen molar-refractivity contribution in [2.75, 3.05) is 0 Å². The average molecular weight is 270 g/mol. The number of hydrogen-bond acceptors (Lipinski definition) is 1. The van der Waals surface area contributed by atoms with Gasteiger partial charge < -0.3 is 4.98 Å². The van der Waals surface area contributed by atoms with Crippen LogP contribution in [0, 0.1) is 18.6 Å². The van der Waals surface area contributed by atoms with Gasteiger partial charge in [0.25, 0.3) is 0 Å². The van der Waals surface area contributed by atoms with Crippen LogP contribution in [0.4, 0.5) is 8.78 Å². The Kier molecular flexibility index (Phi) is 3.06. The molecule has 0 saturated carbocycles. The standard InChI is InChI=1S/C16H12F2N2/c1-10-8-12(4-7-14(10)18)15-9-19-16(20-15)11-2-5-13(17)6-3-11/h2-9H,1H3,(H,19,20). The highest BCUT2D eigenvalue weighted by Crippen LogP contribution is 2.23. The van der Waals surface area contributed by atoms with Gasteiger partial charge in [-0.05, 0) is 55.0 Å². The maximum Gasteiger partial charge on any atom is 0.137 e. The Balaban J connectivity index is 1.97. The first-order valence-corrected chi connectivity index (χ1v) is 6.21. The molecule has 4 heteroatoms. The van der Waals surface area contributed by atoms with Gasteiger partial charge in [0.05, 0.1) is 11.9 Å². The zero-order chi connectivity index (χ0) is 14.1. The number of aromatic amines is 1. The summed E-state index contributed by atoms with van der Waals surface area (Å²) >= 11 is 0. The Morgan fingerprint density at radius 1 is 0.950 bits per heavy atom. The van der Waals surface area contributed by atoms with Gasteiger partial charge in [-0.2, -0.15) is 0 Å². The summed E-state index contributed by atoms with van der Waals surface area (Å²) in [5, 5.41) is 0. The molecule has 0 aliphatic carbocycles. The van der Waals surface area contributed by atoms with Gasteiger partial charge in [-0.15, -0.1) is 0 Å². The van der Waals surface area contributed by atoms with E-state index in [-0.39, 0.29) is 11.6 Å². The molecule has 1 aromatic heterocycles. The summed E-state index contributed by atoms with van der Waals surface area (Å²) in [5.41, 5.74) is 3.05. The number of nitrogens with zero attached hydrogens (tertiary/aromatic N) is 1.